The van der Waals surface area contributed by atoms with Gasteiger partial charge in [-0.05, 0) is 5.56 Å². The van der Waals surface area contributed by atoms with Gasteiger partial charge in [0.2, 0.25) is 0 Å². The van der Waals surface area contributed by atoms with E-state index in [0.29, 0.717) is 5.56 Å². The van der Waals surface area contributed by atoms with Crippen molar-refractivity contribution in [2.24, 2.45) is 0 Å². The fourth-order valence-corrected chi connectivity index (χ4v) is 2.42. The van der Waals surface area contributed by atoms with Crippen LogP contribution in [0.3, 0.4) is 0 Å². The maximum Gasteiger partial charge on any atom is 0.286 e. The van der Waals surface area contributed by atoms with E-state index in [9.17, 15) is 25.0 Å². The number of fused-ring (bicyclic) bond motifs is 1. The summed E-state index contributed by atoms with van der Waals surface area (Å²) in [5.41, 5.74) is 0.00306. The molecule has 1 aliphatic rings. The number of hydrogen-bond acceptors (Lipinski definition) is 7. The zero-order chi connectivity index (χ0) is 18.7. The van der Waals surface area contributed by atoms with Crippen molar-refractivity contribution in [2.75, 3.05) is 13.2 Å². The largest absolute Gasteiger partial charge is 0.486 e. The minimum Gasteiger partial charge on any atom is -0.486 e. The number of carbonyl (C=O) groups excluding carboxylic acids is 1. The standard InChI is InChI=1S/C16H13N3O7/c20-16(17-9-10-1-3-11(4-2-10)18(21)22)12-7-14-15(26-6-5-25-14)8-13(12)19(23)24/h1-4,7-8H,5-6,9H2,(H,17,20). The van der Waals surface area contributed by atoms with E-state index in [-0.39, 0.29) is 42.5 Å². The number of nitrogens with one attached hydrogen (secondary N) is 1. The summed E-state index contributed by atoms with van der Waals surface area (Å²) in [7, 11) is 0. The minimum atomic E-state index is -0.668. The van der Waals surface area contributed by atoms with Gasteiger partial charge in [0.25, 0.3) is 17.3 Å². The minimum absolute atomic E-state index is 0.0580. The van der Waals surface area contributed by atoms with Crippen molar-refractivity contribution in [3.05, 3.63) is 67.8 Å². The molecule has 10 nitrogen and oxygen atoms in total. The molecule has 0 saturated heterocycles. The number of amides is 1. The zero-order valence-corrected chi connectivity index (χ0v) is 13.3. The number of nitro benzene ring substituents is 2. The number of nitrogens with zero attached hydrogens (tertiary/aromatic N) is 2. The lowest BCUT2D eigenvalue weighted by atomic mass is 10.1. The second-order valence-corrected chi connectivity index (χ2v) is 5.38. The third-order valence-corrected chi connectivity index (χ3v) is 3.70. The fourth-order valence-electron chi connectivity index (χ4n) is 2.42. The first-order valence-corrected chi connectivity index (χ1v) is 7.55. The molecule has 0 radical (unpaired) electrons. The summed E-state index contributed by atoms with van der Waals surface area (Å²) in [4.78, 5) is 33.1. The van der Waals surface area contributed by atoms with Crippen LogP contribution in [0.2, 0.25) is 0 Å². The Bertz CT molecular complexity index is 880. The van der Waals surface area contributed by atoms with Gasteiger partial charge in [-0.15, -0.1) is 0 Å². The number of non-ortho nitro benzene ring substituents is 1. The first-order valence-electron chi connectivity index (χ1n) is 7.55. The summed E-state index contributed by atoms with van der Waals surface area (Å²) in [5.74, 6) is -0.177. The van der Waals surface area contributed by atoms with E-state index in [0.717, 1.165) is 6.07 Å². The van der Waals surface area contributed by atoms with Crippen LogP contribution in [-0.4, -0.2) is 29.0 Å². The molecular formula is C16H13N3O7. The summed E-state index contributed by atoms with van der Waals surface area (Å²) >= 11 is 0. The summed E-state index contributed by atoms with van der Waals surface area (Å²) in [6.07, 6.45) is 0. The van der Waals surface area contributed by atoms with Gasteiger partial charge in [-0.25, -0.2) is 0 Å². The van der Waals surface area contributed by atoms with Crippen LogP contribution < -0.4 is 14.8 Å². The van der Waals surface area contributed by atoms with Gasteiger partial charge in [-0.3, -0.25) is 25.0 Å². The quantitative estimate of drug-likeness (QED) is 0.639. The molecule has 1 amide bonds. The topological polar surface area (TPSA) is 134 Å². The SMILES string of the molecule is O=C(NCc1ccc([N+](=O)[O-])cc1)c1cc2c(cc1[N+](=O)[O-])OCCO2. The molecule has 1 heterocycles. The van der Waals surface area contributed by atoms with Crippen LogP contribution in [0.25, 0.3) is 0 Å². The van der Waals surface area contributed by atoms with Crippen molar-refractivity contribution in [3.8, 4) is 11.5 Å². The predicted molar refractivity (Wildman–Crippen MR) is 88.4 cm³/mol. The first kappa shape index (κ1) is 17.1. The highest BCUT2D eigenvalue weighted by Gasteiger charge is 2.26. The van der Waals surface area contributed by atoms with Crippen LogP contribution in [-0.2, 0) is 6.54 Å². The highest BCUT2D eigenvalue weighted by atomic mass is 16.6. The number of carbonyl (C=O) groups is 1. The highest BCUT2D eigenvalue weighted by Crippen LogP contribution is 2.36. The molecule has 2 aromatic rings. The van der Waals surface area contributed by atoms with Crippen molar-refractivity contribution < 1.29 is 24.1 Å². The van der Waals surface area contributed by atoms with Crippen LogP contribution in [0.1, 0.15) is 15.9 Å². The Balaban J connectivity index is 1.78. The van der Waals surface area contributed by atoms with E-state index in [1.807, 2.05) is 0 Å². The van der Waals surface area contributed by atoms with E-state index in [4.69, 9.17) is 9.47 Å². The smallest absolute Gasteiger partial charge is 0.286 e. The maximum atomic E-state index is 12.4. The molecule has 0 bridgehead atoms. The molecule has 0 fully saturated rings. The second kappa shape index (κ2) is 7.05. The normalized spacial score (nSPS) is 12.3. The van der Waals surface area contributed by atoms with E-state index >= 15 is 0 Å². The summed E-state index contributed by atoms with van der Waals surface area (Å²) < 4.78 is 10.6. The number of hydrogen-bond donors (Lipinski definition) is 1. The lowest BCUT2D eigenvalue weighted by molar-refractivity contribution is -0.385. The summed E-state index contributed by atoms with van der Waals surface area (Å²) in [6.45, 7) is 0.618. The molecule has 10 heteroatoms. The predicted octanol–water partition coefficient (Wildman–Crippen LogP) is 2.20. The van der Waals surface area contributed by atoms with Crippen LogP contribution in [0.15, 0.2) is 36.4 Å². The molecule has 0 atom stereocenters. The van der Waals surface area contributed by atoms with Crippen LogP contribution in [0.4, 0.5) is 11.4 Å². The van der Waals surface area contributed by atoms with Gasteiger partial charge in [0.15, 0.2) is 11.5 Å². The van der Waals surface area contributed by atoms with Gasteiger partial charge >= 0.3 is 0 Å². The number of nitro groups is 2. The Labute approximate surface area is 146 Å². The zero-order valence-electron chi connectivity index (χ0n) is 13.3. The average molecular weight is 359 g/mol. The Morgan fingerprint density at radius 2 is 1.62 bits per heavy atom. The Morgan fingerprint density at radius 1 is 1.00 bits per heavy atom. The molecule has 0 unspecified atom stereocenters. The fraction of sp³-hybridized carbons (Fsp3) is 0.188. The van der Waals surface area contributed by atoms with Crippen molar-refractivity contribution in [1.82, 2.24) is 5.32 Å². The molecule has 1 aliphatic heterocycles. The number of benzene rings is 2. The van der Waals surface area contributed by atoms with Gasteiger partial charge in [-0.1, -0.05) is 12.1 Å². The van der Waals surface area contributed by atoms with E-state index in [1.54, 1.807) is 0 Å². The van der Waals surface area contributed by atoms with E-state index in [1.165, 1.54) is 30.3 Å². The Kier molecular flexibility index (Phi) is 4.65. The van der Waals surface area contributed by atoms with Crippen molar-refractivity contribution >= 4 is 17.3 Å². The first-order chi connectivity index (χ1) is 12.5. The molecule has 26 heavy (non-hydrogen) atoms. The Hall–Kier alpha value is -3.69. The van der Waals surface area contributed by atoms with Crippen LogP contribution >= 0.6 is 0 Å². The molecule has 2 aromatic carbocycles. The Morgan fingerprint density at radius 3 is 2.19 bits per heavy atom. The van der Waals surface area contributed by atoms with Gasteiger partial charge in [0.05, 0.1) is 15.9 Å². The van der Waals surface area contributed by atoms with Crippen molar-refractivity contribution in [1.29, 1.82) is 0 Å². The molecule has 3 rings (SSSR count). The van der Waals surface area contributed by atoms with Gasteiger partial charge in [-0.2, -0.15) is 0 Å². The van der Waals surface area contributed by atoms with Crippen LogP contribution in [0, 0.1) is 20.2 Å². The lowest BCUT2D eigenvalue weighted by Gasteiger charge is -2.18. The summed E-state index contributed by atoms with van der Waals surface area (Å²) in [5, 5.41) is 24.4. The second-order valence-electron chi connectivity index (χ2n) is 5.38. The lowest BCUT2D eigenvalue weighted by Crippen LogP contribution is -2.24. The van der Waals surface area contributed by atoms with Gasteiger partial charge in [0, 0.05) is 24.7 Å². The van der Waals surface area contributed by atoms with Gasteiger partial charge in [0.1, 0.15) is 18.8 Å². The third kappa shape index (κ3) is 3.53. The van der Waals surface area contributed by atoms with Crippen molar-refractivity contribution in [3.63, 3.8) is 0 Å². The molecule has 0 aromatic heterocycles. The highest BCUT2D eigenvalue weighted by molar-refractivity contribution is 5.99. The van der Waals surface area contributed by atoms with Gasteiger partial charge < -0.3 is 14.8 Å². The summed E-state index contributed by atoms with van der Waals surface area (Å²) in [6, 6.07) is 8.06. The monoisotopic (exact) mass is 359 g/mol. The number of ether oxygens (including phenoxy) is 2. The van der Waals surface area contributed by atoms with Crippen molar-refractivity contribution in [2.45, 2.75) is 6.54 Å². The molecule has 134 valence electrons. The molecule has 0 spiro atoms. The molecule has 0 saturated carbocycles. The number of rotatable bonds is 5. The average Bonchev–Trinajstić information content (AvgIpc) is 2.65. The molecule has 0 aliphatic carbocycles. The third-order valence-electron chi connectivity index (χ3n) is 3.70. The molecule has 1 N–H and O–H groups in total. The molecular weight excluding hydrogens is 346 g/mol. The van der Waals surface area contributed by atoms with Crippen LogP contribution in [0.5, 0.6) is 11.5 Å². The van der Waals surface area contributed by atoms with E-state index in [2.05, 4.69) is 5.32 Å². The van der Waals surface area contributed by atoms with E-state index < -0.39 is 21.4 Å². The maximum absolute atomic E-state index is 12.4.